The van der Waals surface area contributed by atoms with E-state index >= 15 is 0 Å². The van der Waals surface area contributed by atoms with Crippen LogP contribution in [-0.4, -0.2) is 37.4 Å². The Labute approximate surface area is 78.6 Å². The normalized spacial score (nSPS) is 34.2. The molecule has 0 radical (unpaired) electrons. The van der Waals surface area contributed by atoms with Gasteiger partial charge in [0.25, 0.3) is 0 Å². The van der Waals surface area contributed by atoms with Crippen LogP contribution in [0.25, 0.3) is 0 Å². The van der Waals surface area contributed by atoms with Gasteiger partial charge in [-0.3, -0.25) is 4.79 Å². The Kier molecular flexibility index (Phi) is 3.27. The van der Waals surface area contributed by atoms with E-state index in [1.165, 1.54) is 0 Å². The number of ether oxygens (including phenoxy) is 1. The van der Waals surface area contributed by atoms with Crippen molar-refractivity contribution in [2.45, 2.75) is 19.8 Å². The maximum absolute atomic E-state index is 11.4. The molecule has 4 nitrogen and oxygen atoms in total. The number of esters is 1. The maximum atomic E-state index is 11.4. The van der Waals surface area contributed by atoms with Crippen molar-refractivity contribution in [3.05, 3.63) is 5.21 Å². The smallest absolute Gasteiger partial charge is 0.309 e. The topological polar surface area (TPSA) is 49.4 Å². The highest BCUT2D eigenvalue weighted by atomic mass is 16.5. The highest BCUT2D eigenvalue weighted by molar-refractivity contribution is 5.72. The third kappa shape index (κ3) is 2.97. The number of carbonyl (C=O) groups excluding carboxylic acids is 1. The summed E-state index contributed by atoms with van der Waals surface area (Å²) in [6.45, 7) is 3.29. The van der Waals surface area contributed by atoms with Crippen molar-refractivity contribution >= 4 is 5.97 Å². The van der Waals surface area contributed by atoms with Gasteiger partial charge in [0.05, 0.1) is 32.7 Å². The zero-order valence-corrected chi connectivity index (χ0v) is 8.28. The summed E-state index contributed by atoms with van der Waals surface area (Å²) in [5, 5.41) is 11.4. The van der Waals surface area contributed by atoms with Crippen molar-refractivity contribution in [1.82, 2.24) is 0 Å². The lowest BCUT2D eigenvalue weighted by atomic mass is 9.97. The van der Waals surface area contributed by atoms with Gasteiger partial charge in [-0.05, 0) is 6.92 Å². The zero-order valence-electron chi connectivity index (χ0n) is 8.28. The molecule has 0 atom stereocenters. The number of likely N-dealkylation sites (tertiary alicyclic amines) is 1. The second-order valence-electron chi connectivity index (χ2n) is 3.77. The van der Waals surface area contributed by atoms with Crippen molar-refractivity contribution in [2.75, 3.05) is 26.7 Å². The summed E-state index contributed by atoms with van der Waals surface area (Å²) in [5.41, 5.74) is 0. The first-order valence-electron chi connectivity index (χ1n) is 4.77. The minimum Gasteiger partial charge on any atom is -0.633 e. The number of hydroxylamine groups is 3. The summed E-state index contributed by atoms with van der Waals surface area (Å²) >= 11 is 0. The van der Waals surface area contributed by atoms with Gasteiger partial charge in [0.1, 0.15) is 0 Å². The molecular weight excluding hydrogens is 170 g/mol. The van der Waals surface area contributed by atoms with Crippen molar-refractivity contribution < 1.29 is 14.2 Å². The molecule has 1 heterocycles. The average Bonchev–Trinajstić information content (AvgIpc) is 2.04. The van der Waals surface area contributed by atoms with Gasteiger partial charge in [0.15, 0.2) is 0 Å². The first-order chi connectivity index (χ1) is 6.05. The molecule has 1 rings (SSSR count). The van der Waals surface area contributed by atoms with Crippen LogP contribution in [0.15, 0.2) is 0 Å². The molecule has 13 heavy (non-hydrogen) atoms. The van der Waals surface area contributed by atoms with Crippen molar-refractivity contribution in [3.63, 3.8) is 0 Å². The predicted octanol–water partition coefficient (Wildman–Crippen LogP) is 0.904. The van der Waals surface area contributed by atoms with Gasteiger partial charge in [-0.2, -0.15) is 0 Å². The molecule has 1 saturated heterocycles. The molecule has 1 aliphatic rings. The summed E-state index contributed by atoms with van der Waals surface area (Å²) in [7, 11) is 1.65. The van der Waals surface area contributed by atoms with E-state index in [1.54, 1.807) is 14.0 Å². The summed E-state index contributed by atoms with van der Waals surface area (Å²) in [6.07, 6.45) is 1.33. The van der Waals surface area contributed by atoms with Crippen LogP contribution in [0.2, 0.25) is 0 Å². The minimum atomic E-state index is -0.212. The Morgan fingerprint density at radius 2 is 2.08 bits per heavy atom. The Bertz CT molecular complexity index is 181. The highest BCUT2D eigenvalue weighted by Gasteiger charge is 2.29. The lowest BCUT2D eigenvalue weighted by molar-refractivity contribution is -0.866. The number of hydrogen-bond acceptors (Lipinski definition) is 3. The molecule has 0 saturated carbocycles. The molecular formula is C9H17NO3. The summed E-state index contributed by atoms with van der Waals surface area (Å²) in [6, 6.07) is 0. The number of piperidine rings is 1. The van der Waals surface area contributed by atoms with Crippen LogP contribution in [-0.2, 0) is 9.53 Å². The van der Waals surface area contributed by atoms with Crippen LogP contribution in [0.1, 0.15) is 19.8 Å². The molecule has 0 aliphatic carbocycles. The van der Waals surface area contributed by atoms with E-state index in [2.05, 4.69) is 0 Å². The average molecular weight is 187 g/mol. The van der Waals surface area contributed by atoms with Gasteiger partial charge in [-0.15, -0.1) is 0 Å². The molecule has 0 bridgehead atoms. The summed E-state index contributed by atoms with van der Waals surface area (Å²) in [5.74, 6) is -0.178. The number of hydrogen-bond donors (Lipinski definition) is 0. The quantitative estimate of drug-likeness (QED) is 0.366. The maximum Gasteiger partial charge on any atom is 0.309 e. The standard InChI is InChI=1S/C9H17NO3/c1-3-13-9(11)8-4-6-10(2,12)7-5-8/h8H,3-7H2,1-2H3. The van der Waals surface area contributed by atoms with E-state index in [4.69, 9.17) is 4.74 Å². The number of carbonyl (C=O) groups is 1. The molecule has 0 aromatic rings. The molecule has 1 aliphatic heterocycles. The van der Waals surface area contributed by atoms with Gasteiger partial charge in [0, 0.05) is 12.8 Å². The number of quaternary nitrogens is 1. The first kappa shape index (κ1) is 10.5. The number of rotatable bonds is 2. The van der Waals surface area contributed by atoms with Gasteiger partial charge in [0.2, 0.25) is 0 Å². The zero-order chi connectivity index (χ0) is 9.90. The van der Waals surface area contributed by atoms with Crippen LogP contribution in [0.3, 0.4) is 0 Å². The monoisotopic (exact) mass is 187 g/mol. The summed E-state index contributed by atoms with van der Waals surface area (Å²) in [4.78, 5) is 11.3. The first-order valence-corrected chi connectivity index (χ1v) is 4.77. The molecule has 4 heteroatoms. The summed E-state index contributed by atoms with van der Waals surface area (Å²) < 4.78 is 4.69. The van der Waals surface area contributed by atoms with Gasteiger partial charge >= 0.3 is 5.97 Å². The van der Waals surface area contributed by atoms with Crippen LogP contribution < -0.4 is 0 Å². The van der Waals surface area contributed by atoms with Crippen LogP contribution in [0.4, 0.5) is 0 Å². The SMILES string of the molecule is CCOC(=O)C1CC[N+](C)([O-])CC1. The number of nitrogens with zero attached hydrogens (tertiary/aromatic N) is 1. The molecule has 0 N–H and O–H groups in total. The Balaban J connectivity index is 2.36. The lowest BCUT2D eigenvalue weighted by Gasteiger charge is -2.43. The van der Waals surface area contributed by atoms with Crippen molar-refractivity contribution in [1.29, 1.82) is 0 Å². The Morgan fingerprint density at radius 1 is 1.54 bits per heavy atom. The Morgan fingerprint density at radius 3 is 2.54 bits per heavy atom. The molecule has 0 amide bonds. The Hall–Kier alpha value is -0.610. The van der Waals surface area contributed by atoms with E-state index in [0.29, 0.717) is 32.5 Å². The molecule has 0 unspecified atom stereocenters. The largest absolute Gasteiger partial charge is 0.633 e. The molecule has 0 aromatic carbocycles. The van der Waals surface area contributed by atoms with Gasteiger partial charge in [-0.1, -0.05) is 0 Å². The van der Waals surface area contributed by atoms with E-state index in [9.17, 15) is 10.0 Å². The van der Waals surface area contributed by atoms with E-state index in [0.717, 1.165) is 0 Å². The van der Waals surface area contributed by atoms with Crippen LogP contribution in [0, 0.1) is 11.1 Å². The molecule has 0 aromatic heterocycles. The minimum absolute atomic E-state index is 0.0416. The fraction of sp³-hybridized carbons (Fsp3) is 0.889. The van der Waals surface area contributed by atoms with Crippen LogP contribution in [0.5, 0.6) is 0 Å². The molecule has 1 fully saturated rings. The fourth-order valence-corrected chi connectivity index (χ4v) is 1.61. The molecule has 76 valence electrons. The van der Waals surface area contributed by atoms with Gasteiger partial charge < -0.3 is 14.6 Å². The lowest BCUT2D eigenvalue weighted by Crippen LogP contribution is -2.46. The predicted molar refractivity (Wildman–Crippen MR) is 48.6 cm³/mol. The highest BCUT2D eigenvalue weighted by Crippen LogP contribution is 2.21. The third-order valence-electron chi connectivity index (χ3n) is 2.52. The fourth-order valence-electron chi connectivity index (χ4n) is 1.61. The van der Waals surface area contributed by atoms with Gasteiger partial charge in [-0.25, -0.2) is 0 Å². The van der Waals surface area contributed by atoms with E-state index < -0.39 is 0 Å². The van der Waals surface area contributed by atoms with Crippen molar-refractivity contribution in [3.8, 4) is 0 Å². The molecule has 0 spiro atoms. The third-order valence-corrected chi connectivity index (χ3v) is 2.52. The van der Waals surface area contributed by atoms with E-state index in [-0.39, 0.29) is 16.5 Å². The second-order valence-corrected chi connectivity index (χ2v) is 3.77. The van der Waals surface area contributed by atoms with E-state index in [1.807, 2.05) is 0 Å². The van der Waals surface area contributed by atoms with Crippen LogP contribution >= 0.6 is 0 Å². The van der Waals surface area contributed by atoms with Crippen molar-refractivity contribution in [2.24, 2.45) is 5.92 Å². The second kappa shape index (κ2) is 4.07.